The second kappa shape index (κ2) is 6.74. The summed E-state index contributed by atoms with van der Waals surface area (Å²) in [5.41, 5.74) is 1.65. The van der Waals surface area contributed by atoms with Crippen molar-refractivity contribution in [1.29, 1.82) is 0 Å². The third-order valence-corrected chi connectivity index (χ3v) is 2.74. The molecule has 6 heteroatoms. The largest absolute Gasteiger partial charge is 0.395 e. The molecule has 0 fully saturated rings. The molecular weight excluding hydrogens is 242 g/mol. The van der Waals surface area contributed by atoms with Gasteiger partial charge in [0, 0.05) is 20.2 Å². The normalized spacial score (nSPS) is 10.6. The molecule has 0 bridgehead atoms. The molecule has 1 rings (SSSR count). The van der Waals surface area contributed by atoms with Crippen molar-refractivity contribution in [2.75, 3.05) is 38.3 Å². The molecule has 0 amide bonds. The lowest BCUT2D eigenvalue weighted by atomic mass is 10.3. The van der Waals surface area contributed by atoms with Gasteiger partial charge in [0.2, 0.25) is 0 Å². The number of aryl methyl sites for hydroxylation is 2. The van der Waals surface area contributed by atoms with Crippen LogP contribution in [0.4, 0.5) is 5.82 Å². The fourth-order valence-corrected chi connectivity index (χ4v) is 1.70. The fourth-order valence-electron chi connectivity index (χ4n) is 1.41. The van der Waals surface area contributed by atoms with E-state index in [1.807, 2.05) is 18.7 Å². The Bertz CT molecular complexity index is 374. The molecule has 1 heterocycles. The Balaban J connectivity index is 2.96. The standard InChI is InChI=1S/C11H18ClN3O2/c1-8-9(2)14-11(10(12)13-8)15(4-6-16)5-7-17-3/h16H,4-7H2,1-3H3. The van der Waals surface area contributed by atoms with Crippen LogP contribution in [0.2, 0.25) is 5.15 Å². The van der Waals surface area contributed by atoms with Crippen LogP contribution < -0.4 is 4.90 Å². The Morgan fingerprint density at radius 2 is 1.88 bits per heavy atom. The maximum absolute atomic E-state index is 9.04. The summed E-state index contributed by atoms with van der Waals surface area (Å²) in [5.74, 6) is 0.598. The molecule has 1 aromatic heterocycles. The zero-order valence-electron chi connectivity index (χ0n) is 10.4. The quantitative estimate of drug-likeness (QED) is 0.832. The molecular formula is C11H18ClN3O2. The molecule has 0 unspecified atom stereocenters. The number of nitrogens with zero attached hydrogens (tertiary/aromatic N) is 3. The van der Waals surface area contributed by atoms with E-state index in [1.54, 1.807) is 7.11 Å². The summed E-state index contributed by atoms with van der Waals surface area (Å²) >= 11 is 6.07. The number of aromatic nitrogens is 2. The minimum atomic E-state index is 0.0364. The lowest BCUT2D eigenvalue weighted by molar-refractivity contribution is 0.202. The monoisotopic (exact) mass is 259 g/mol. The number of hydrogen-bond donors (Lipinski definition) is 1. The molecule has 0 aliphatic heterocycles. The van der Waals surface area contributed by atoms with Gasteiger partial charge < -0.3 is 14.7 Å². The van der Waals surface area contributed by atoms with E-state index in [1.165, 1.54) is 0 Å². The van der Waals surface area contributed by atoms with E-state index in [0.29, 0.717) is 30.7 Å². The topological polar surface area (TPSA) is 58.5 Å². The van der Waals surface area contributed by atoms with E-state index in [4.69, 9.17) is 21.4 Å². The number of halogens is 1. The van der Waals surface area contributed by atoms with Gasteiger partial charge in [-0.25, -0.2) is 9.97 Å². The average molecular weight is 260 g/mol. The van der Waals surface area contributed by atoms with Crippen molar-refractivity contribution in [2.24, 2.45) is 0 Å². The number of hydrogen-bond acceptors (Lipinski definition) is 5. The molecule has 17 heavy (non-hydrogen) atoms. The number of methoxy groups -OCH3 is 1. The van der Waals surface area contributed by atoms with Gasteiger partial charge in [0.25, 0.3) is 0 Å². The Labute approximate surface area is 106 Å². The lowest BCUT2D eigenvalue weighted by Gasteiger charge is -2.23. The highest BCUT2D eigenvalue weighted by molar-refractivity contribution is 6.31. The summed E-state index contributed by atoms with van der Waals surface area (Å²) < 4.78 is 5.02. The second-order valence-electron chi connectivity index (χ2n) is 3.71. The van der Waals surface area contributed by atoms with Gasteiger partial charge in [0.05, 0.1) is 24.6 Å². The van der Waals surface area contributed by atoms with E-state index < -0.39 is 0 Å². The van der Waals surface area contributed by atoms with E-state index in [2.05, 4.69) is 9.97 Å². The lowest BCUT2D eigenvalue weighted by Crippen LogP contribution is -2.31. The van der Waals surface area contributed by atoms with Gasteiger partial charge in [0.1, 0.15) is 0 Å². The van der Waals surface area contributed by atoms with Crippen molar-refractivity contribution in [1.82, 2.24) is 9.97 Å². The van der Waals surface area contributed by atoms with E-state index >= 15 is 0 Å². The van der Waals surface area contributed by atoms with Gasteiger partial charge >= 0.3 is 0 Å². The summed E-state index contributed by atoms with van der Waals surface area (Å²) in [5, 5.41) is 9.40. The predicted octanol–water partition coefficient (Wildman–Crippen LogP) is 1.19. The Kier molecular flexibility index (Phi) is 5.61. The number of anilines is 1. The molecule has 0 saturated heterocycles. The molecule has 96 valence electrons. The van der Waals surface area contributed by atoms with Crippen molar-refractivity contribution < 1.29 is 9.84 Å². The van der Waals surface area contributed by atoms with Crippen molar-refractivity contribution in [3.05, 3.63) is 16.5 Å². The highest BCUT2D eigenvalue weighted by atomic mass is 35.5. The van der Waals surface area contributed by atoms with Crippen molar-refractivity contribution >= 4 is 17.4 Å². The van der Waals surface area contributed by atoms with E-state index in [9.17, 15) is 0 Å². The van der Waals surface area contributed by atoms with Crippen LogP contribution in [-0.2, 0) is 4.74 Å². The minimum absolute atomic E-state index is 0.0364. The summed E-state index contributed by atoms with van der Waals surface area (Å²) in [4.78, 5) is 10.5. The van der Waals surface area contributed by atoms with Crippen molar-refractivity contribution in [3.63, 3.8) is 0 Å². The van der Waals surface area contributed by atoms with Crippen LogP contribution in [0.5, 0.6) is 0 Å². The molecule has 0 spiro atoms. The molecule has 0 aliphatic rings. The summed E-state index contributed by atoms with van der Waals surface area (Å²) in [6, 6.07) is 0. The molecule has 1 N–H and O–H groups in total. The minimum Gasteiger partial charge on any atom is -0.395 e. The van der Waals surface area contributed by atoms with Gasteiger partial charge in [-0.05, 0) is 13.8 Å². The van der Waals surface area contributed by atoms with Crippen LogP contribution in [0.15, 0.2) is 0 Å². The molecule has 0 aliphatic carbocycles. The fraction of sp³-hybridized carbons (Fsp3) is 0.636. The van der Waals surface area contributed by atoms with Gasteiger partial charge in [-0.15, -0.1) is 0 Å². The van der Waals surface area contributed by atoms with Crippen LogP contribution >= 0.6 is 11.6 Å². The van der Waals surface area contributed by atoms with E-state index in [0.717, 1.165) is 11.4 Å². The zero-order chi connectivity index (χ0) is 12.8. The highest BCUT2D eigenvalue weighted by Crippen LogP contribution is 2.22. The molecule has 0 aromatic carbocycles. The second-order valence-corrected chi connectivity index (χ2v) is 4.07. The third kappa shape index (κ3) is 3.80. The number of aliphatic hydroxyl groups excluding tert-OH is 1. The summed E-state index contributed by atoms with van der Waals surface area (Å²) in [6.45, 7) is 5.41. The Hall–Kier alpha value is -0.910. The van der Waals surface area contributed by atoms with E-state index in [-0.39, 0.29) is 6.61 Å². The van der Waals surface area contributed by atoms with Crippen LogP contribution in [0.1, 0.15) is 11.4 Å². The first-order valence-electron chi connectivity index (χ1n) is 5.45. The van der Waals surface area contributed by atoms with Crippen LogP contribution in [0.25, 0.3) is 0 Å². The first kappa shape index (κ1) is 14.2. The third-order valence-electron chi connectivity index (χ3n) is 2.48. The summed E-state index contributed by atoms with van der Waals surface area (Å²) in [6.07, 6.45) is 0. The van der Waals surface area contributed by atoms with Crippen LogP contribution in [0, 0.1) is 13.8 Å². The smallest absolute Gasteiger partial charge is 0.171 e. The maximum atomic E-state index is 9.04. The Morgan fingerprint density at radius 1 is 1.24 bits per heavy atom. The highest BCUT2D eigenvalue weighted by Gasteiger charge is 2.14. The van der Waals surface area contributed by atoms with Gasteiger partial charge in [0.15, 0.2) is 11.0 Å². The first-order chi connectivity index (χ1) is 8.10. The number of rotatable bonds is 6. The van der Waals surface area contributed by atoms with Gasteiger partial charge in [-0.2, -0.15) is 0 Å². The Morgan fingerprint density at radius 3 is 2.47 bits per heavy atom. The number of aliphatic hydroxyl groups is 1. The summed E-state index contributed by atoms with van der Waals surface area (Å²) in [7, 11) is 1.63. The zero-order valence-corrected chi connectivity index (χ0v) is 11.2. The SMILES string of the molecule is COCCN(CCO)c1nc(C)c(C)nc1Cl. The molecule has 1 aromatic rings. The number of ether oxygens (including phenoxy) is 1. The molecule has 0 atom stereocenters. The molecule has 0 saturated carbocycles. The van der Waals surface area contributed by atoms with Crippen molar-refractivity contribution in [2.45, 2.75) is 13.8 Å². The van der Waals surface area contributed by atoms with Crippen molar-refractivity contribution in [3.8, 4) is 0 Å². The molecule has 5 nitrogen and oxygen atoms in total. The predicted molar refractivity (Wildman–Crippen MR) is 67.7 cm³/mol. The first-order valence-corrected chi connectivity index (χ1v) is 5.83. The average Bonchev–Trinajstić information content (AvgIpc) is 2.29. The van der Waals surface area contributed by atoms with Gasteiger partial charge in [-0.3, -0.25) is 0 Å². The van der Waals surface area contributed by atoms with Gasteiger partial charge in [-0.1, -0.05) is 11.6 Å². The van der Waals surface area contributed by atoms with Crippen LogP contribution in [-0.4, -0.2) is 48.5 Å². The maximum Gasteiger partial charge on any atom is 0.171 e. The molecule has 0 radical (unpaired) electrons. The van der Waals surface area contributed by atoms with Crippen LogP contribution in [0.3, 0.4) is 0 Å².